The van der Waals surface area contributed by atoms with Crippen LogP contribution in [0, 0.1) is 6.92 Å². The molecule has 1 aliphatic heterocycles. The van der Waals surface area contributed by atoms with Crippen LogP contribution in [0.1, 0.15) is 23.7 Å². The number of hydrogen-bond acceptors (Lipinski definition) is 3. The lowest BCUT2D eigenvalue weighted by atomic mass is 10.1. The molecule has 68 valence electrons. The molecule has 0 saturated carbocycles. The van der Waals surface area contributed by atoms with Crippen molar-refractivity contribution in [3.63, 3.8) is 0 Å². The summed E-state index contributed by atoms with van der Waals surface area (Å²) in [5.41, 5.74) is 2.30. The van der Waals surface area contributed by atoms with Crippen LogP contribution in [0.2, 0.25) is 0 Å². The van der Waals surface area contributed by atoms with Crippen LogP contribution >= 0.6 is 0 Å². The van der Waals surface area contributed by atoms with E-state index in [1.54, 1.807) is 0 Å². The smallest absolute Gasteiger partial charge is 0.0937 e. The van der Waals surface area contributed by atoms with Crippen LogP contribution in [-0.4, -0.2) is 23.3 Å². The molecule has 0 radical (unpaired) electrons. The molecule has 1 unspecified atom stereocenters. The Balaban J connectivity index is 2.21. The van der Waals surface area contributed by atoms with E-state index < -0.39 is 0 Å². The van der Waals surface area contributed by atoms with E-state index >= 15 is 0 Å². The number of pyridine rings is 1. The van der Waals surface area contributed by atoms with Gasteiger partial charge in [0.15, 0.2) is 0 Å². The van der Waals surface area contributed by atoms with E-state index in [9.17, 15) is 0 Å². The zero-order valence-electron chi connectivity index (χ0n) is 7.94. The quantitative estimate of drug-likeness (QED) is 0.650. The number of hydrazone groups is 1. The SMILES string of the molecule is Cc1ccc(C2CC=NN2C)nc1. The molecular weight excluding hydrogens is 162 g/mol. The van der Waals surface area contributed by atoms with E-state index in [0.29, 0.717) is 6.04 Å². The van der Waals surface area contributed by atoms with Gasteiger partial charge in [0.25, 0.3) is 0 Å². The van der Waals surface area contributed by atoms with E-state index in [1.807, 2.05) is 31.4 Å². The highest BCUT2D eigenvalue weighted by atomic mass is 15.5. The summed E-state index contributed by atoms with van der Waals surface area (Å²) in [5.74, 6) is 0. The van der Waals surface area contributed by atoms with Gasteiger partial charge in [0, 0.05) is 25.9 Å². The molecule has 0 aromatic carbocycles. The molecule has 2 heterocycles. The first kappa shape index (κ1) is 8.23. The van der Waals surface area contributed by atoms with Gasteiger partial charge < -0.3 is 0 Å². The standard InChI is InChI=1S/C10H13N3/c1-8-3-4-9(11-7-8)10-5-6-12-13(10)2/h3-4,6-7,10H,5H2,1-2H3. The van der Waals surface area contributed by atoms with Gasteiger partial charge in [0.1, 0.15) is 0 Å². The summed E-state index contributed by atoms with van der Waals surface area (Å²) in [4.78, 5) is 4.39. The predicted molar refractivity (Wildman–Crippen MR) is 52.6 cm³/mol. The molecule has 0 spiro atoms. The third-order valence-corrected chi connectivity index (χ3v) is 2.32. The first-order chi connectivity index (χ1) is 6.27. The molecule has 0 saturated heterocycles. The first-order valence-corrected chi connectivity index (χ1v) is 4.45. The molecule has 13 heavy (non-hydrogen) atoms. The van der Waals surface area contributed by atoms with E-state index in [-0.39, 0.29) is 0 Å². The summed E-state index contributed by atoms with van der Waals surface area (Å²) < 4.78 is 0. The maximum Gasteiger partial charge on any atom is 0.0937 e. The molecule has 1 atom stereocenters. The highest BCUT2D eigenvalue weighted by molar-refractivity contribution is 5.60. The second-order valence-corrected chi connectivity index (χ2v) is 3.38. The van der Waals surface area contributed by atoms with E-state index in [0.717, 1.165) is 12.1 Å². The minimum absolute atomic E-state index is 0.334. The molecule has 0 bridgehead atoms. The molecule has 0 amide bonds. The van der Waals surface area contributed by atoms with Gasteiger partial charge in [-0.05, 0) is 18.6 Å². The van der Waals surface area contributed by atoms with Gasteiger partial charge in [-0.25, -0.2) is 0 Å². The second-order valence-electron chi connectivity index (χ2n) is 3.38. The summed E-state index contributed by atoms with van der Waals surface area (Å²) in [7, 11) is 1.98. The monoisotopic (exact) mass is 175 g/mol. The third-order valence-electron chi connectivity index (χ3n) is 2.32. The van der Waals surface area contributed by atoms with Crippen LogP contribution in [0.5, 0.6) is 0 Å². The lowest BCUT2D eigenvalue weighted by Gasteiger charge is -2.17. The summed E-state index contributed by atoms with van der Waals surface area (Å²) in [6.07, 6.45) is 4.81. The van der Waals surface area contributed by atoms with Crippen LogP contribution in [-0.2, 0) is 0 Å². The Morgan fingerprint density at radius 1 is 1.46 bits per heavy atom. The number of rotatable bonds is 1. The Labute approximate surface area is 78.1 Å². The van der Waals surface area contributed by atoms with Crippen LogP contribution in [0.4, 0.5) is 0 Å². The normalized spacial score (nSPS) is 21.1. The Kier molecular flexibility index (Phi) is 2.00. The fraction of sp³-hybridized carbons (Fsp3) is 0.400. The minimum Gasteiger partial charge on any atom is -0.291 e. The molecule has 2 rings (SSSR count). The second kappa shape index (κ2) is 3.17. The summed E-state index contributed by atoms with van der Waals surface area (Å²) >= 11 is 0. The molecule has 3 nitrogen and oxygen atoms in total. The largest absolute Gasteiger partial charge is 0.291 e. The van der Waals surface area contributed by atoms with Crippen LogP contribution < -0.4 is 0 Å². The van der Waals surface area contributed by atoms with Crippen molar-refractivity contribution in [2.75, 3.05) is 7.05 Å². The van der Waals surface area contributed by atoms with Crippen molar-refractivity contribution in [2.45, 2.75) is 19.4 Å². The molecule has 0 fully saturated rings. The summed E-state index contributed by atoms with van der Waals surface area (Å²) in [6.45, 7) is 2.05. The van der Waals surface area contributed by atoms with Crippen molar-refractivity contribution < 1.29 is 0 Å². The number of aryl methyl sites for hydroxylation is 1. The number of hydrogen-bond donors (Lipinski definition) is 0. The zero-order valence-corrected chi connectivity index (χ0v) is 7.94. The van der Waals surface area contributed by atoms with Crippen molar-refractivity contribution in [3.8, 4) is 0 Å². The topological polar surface area (TPSA) is 28.5 Å². The molecular formula is C10H13N3. The van der Waals surface area contributed by atoms with E-state index in [4.69, 9.17) is 0 Å². The average molecular weight is 175 g/mol. The first-order valence-electron chi connectivity index (χ1n) is 4.45. The third kappa shape index (κ3) is 1.54. The maximum atomic E-state index is 4.39. The molecule has 0 N–H and O–H groups in total. The van der Waals surface area contributed by atoms with Gasteiger partial charge in [-0.3, -0.25) is 9.99 Å². The molecule has 1 aliphatic rings. The van der Waals surface area contributed by atoms with Gasteiger partial charge >= 0.3 is 0 Å². The number of aromatic nitrogens is 1. The Morgan fingerprint density at radius 2 is 2.31 bits per heavy atom. The van der Waals surface area contributed by atoms with Gasteiger partial charge in [-0.1, -0.05) is 6.07 Å². The minimum atomic E-state index is 0.334. The lowest BCUT2D eigenvalue weighted by molar-refractivity contribution is 0.284. The van der Waals surface area contributed by atoms with Crippen LogP contribution in [0.25, 0.3) is 0 Å². The number of nitrogens with zero attached hydrogens (tertiary/aromatic N) is 3. The summed E-state index contributed by atoms with van der Waals surface area (Å²) in [6, 6.07) is 4.50. The van der Waals surface area contributed by atoms with Crippen molar-refractivity contribution in [1.29, 1.82) is 0 Å². The van der Waals surface area contributed by atoms with Gasteiger partial charge in [-0.15, -0.1) is 0 Å². The summed E-state index contributed by atoms with van der Waals surface area (Å²) in [5, 5.41) is 6.14. The van der Waals surface area contributed by atoms with Crippen LogP contribution in [0.3, 0.4) is 0 Å². The molecule has 0 aliphatic carbocycles. The van der Waals surface area contributed by atoms with E-state index in [1.165, 1.54) is 5.56 Å². The fourth-order valence-corrected chi connectivity index (χ4v) is 1.50. The molecule has 1 aromatic heterocycles. The van der Waals surface area contributed by atoms with E-state index in [2.05, 4.69) is 22.2 Å². The van der Waals surface area contributed by atoms with Gasteiger partial charge in [-0.2, -0.15) is 5.10 Å². The fourth-order valence-electron chi connectivity index (χ4n) is 1.50. The Bertz CT molecular complexity index is 315. The Morgan fingerprint density at radius 3 is 2.85 bits per heavy atom. The van der Waals surface area contributed by atoms with Gasteiger partial charge in [0.2, 0.25) is 0 Å². The van der Waals surface area contributed by atoms with Gasteiger partial charge in [0.05, 0.1) is 11.7 Å². The van der Waals surface area contributed by atoms with Crippen molar-refractivity contribution in [3.05, 3.63) is 29.6 Å². The van der Waals surface area contributed by atoms with Crippen molar-refractivity contribution in [1.82, 2.24) is 9.99 Å². The highest BCUT2D eigenvalue weighted by Gasteiger charge is 2.19. The van der Waals surface area contributed by atoms with Crippen LogP contribution in [0.15, 0.2) is 23.4 Å². The molecule has 1 aromatic rings. The highest BCUT2D eigenvalue weighted by Crippen LogP contribution is 2.24. The molecule has 3 heteroatoms. The predicted octanol–water partition coefficient (Wildman–Crippen LogP) is 1.75. The maximum absolute atomic E-state index is 4.39. The zero-order chi connectivity index (χ0) is 9.26. The average Bonchev–Trinajstić information content (AvgIpc) is 2.53. The van der Waals surface area contributed by atoms with Crippen molar-refractivity contribution in [2.24, 2.45) is 5.10 Å². The Hall–Kier alpha value is -1.38. The van der Waals surface area contributed by atoms with Crippen molar-refractivity contribution >= 4 is 6.21 Å². The lowest BCUT2D eigenvalue weighted by Crippen LogP contribution is -2.14.